The number of halogens is 1. The highest BCUT2D eigenvalue weighted by Gasteiger charge is 2.33. The van der Waals surface area contributed by atoms with Gasteiger partial charge in [-0.05, 0) is 46.5 Å². The molecular weight excluding hydrogens is 375 g/mol. The predicted octanol–water partition coefficient (Wildman–Crippen LogP) is 2.22. The Bertz CT molecular complexity index is 744. The minimum atomic E-state index is -0.185. The van der Waals surface area contributed by atoms with E-state index in [0.717, 1.165) is 51.3 Å². The van der Waals surface area contributed by atoms with Crippen molar-refractivity contribution in [2.75, 3.05) is 39.3 Å². The van der Waals surface area contributed by atoms with Gasteiger partial charge in [-0.2, -0.15) is 11.3 Å². The van der Waals surface area contributed by atoms with Crippen molar-refractivity contribution in [2.45, 2.75) is 25.0 Å². The Hall–Kier alpha value is -1.35. The molecule has 2 saturated heterocycles. The minimum Gasteiger partial charge on any atom is -0.396 e. The second-order valence-electron chi connectivity index (χ2n) is 7.85. The van der Waals surface area contributed by atoms with E-state index in [1.807, 2.05) is 6.07 Å². The summed E-state index contributed by atoms with van der Waals surface area (Å²) in [5, 5.41) is 13.9. The van der Waals surface area contributed by atoms with Gasteiger partial charge in [0.25, 0.3) is 0 Å². The molecule has 3 heterocycles. The van der Waals surface area contributed by atoms with Crippen LogP contribution < -0.4 is 10.9 Å². The van der Waals surface area contributed by atoms with E-state index in [1.54, 1.807) is 23.5 Å². The third-order valence-electron chi connectivity index (χ3n) is 5.91. The van der Waals surface area contributed by atoms with Gasteiger partial charge in [0.1, 0.15) is 5.82 Å². The molecule has 3 atom stereocenters. The maximum Gasteiger partial charge on any atom is 0.123 e. The van der Waals surface area contributed by atoms with Crippen LogP contribution in [-0.2, 0) is 6.54 Å². The van der Waals surface area contributed by atoms with Gasteiger partial charge < -0.3 is 10.0 Å². The molecule has 0 saturated carbocycles. The normalized spacial score (nSPS) is 26.7. The Balaban J connectivity index is 1.38. The molecule has 28 heavy (non-hydrogen) atoms. The summed E-state index contributed by atoms with van der Waals surface area (Å²) in [6, 6.07) is 9.57. The quantitative estimate of drug-likeness (QED) is 0.661. The van der Waals surface area contributed by atoms with E-state index in [0.29, 0.717) is 12.0 Å². The second-order valence-corrected chi connectivity index (χ2v) is 8.63. The van der Waals surface area contributed by atoms with Gasteiger partial charge in [0.2, 0.25) is 0 Å². The largest absolute Gasteiger partial charge is 0.396 e. The predicted molar refractivity (Wildman–Crippen MR) is 110 cm³/mol. The monoisotopic (exact) mass is 404 g/mol. The minimum absolute atomic E-state index is 0.121. The molecule has 2 aliphatic rings. The van der Waals surface area contributed by atoms with Crippen molar-refractivity contribution < 1.29 is 9.50 Å². The van der Waals surface area contributed by atoms with Gasteiger partial charge in [-0.1, -0.05) is 12.1 Å². The van der Waals surface area contributed by atoms with Crippen molar-refractivity contribution in [3.63, 3.8) is 0 Å². The number of piperazine rings is 1. The molecule has 2 aromatic rings. The SMILES string of the molecule is OCCC1CN(CC2CNNC2c2cccc(F)c2)CCN1Cc1ccsc1. The summed E-state index contributed by atoms with van der Waals surface area (Å²) in [4.78, 5) is 5.01. The first kappa shape index (κ1) is 19.9. The Labute approximate surface area is 170 Å². The molecule has 0 bridgehead atoms. The number of thiophene rings is 1. The third-order valence-corrected chi connectivity index (χ3v) is 6.64. The zero-order chi connectivity index (χ0) is 19.3. The lowest BCUT2D eigenvalue weighted by Crippen LogP contribution is -2.54. The number of nitrogens with zero attached hydrogens (tertiary/aromatic N) is 2. The summed E-state index contributed by atoms with van der Waals surface area (Å²) in [6.45, 7) is 6.03. The Morgan fingerprint density at radius 2 is 2.18 bits per heavy atom. The number of rotatable bonds is 7. The molecule has 7 heteroatoms. The van der Waals surface area contributed by atoms with Crippen molar-refractivity contribution in [3.8, 4) is 0 Å². The van der Waals surface area contributed by atoms with Crippen molar-refractivity contribution in [1.29, 1.82) is 0 Å². The van der Waals surface area contributed by atoms with Crippen molar-refractivity contribution >= 4 is 11.3 Å². The summed E-state index contributed by atoms with van der Waals surface area (Å²) in [6.07, 6.45) is 0.801. The molecule has 2 fully saturated rings. The summed E-state index contributed by atoms with van der Waals surface area (Å²) in [7, 11) is 0. The van der Waals surface area contributed by atoms with Gasteiger partial charge >= 0.3 is 0 Å². The highest BCUT2D eigenvalue weighted by atomic mass is 32.1. The van der Waals surface area contributed by atoms with Crippen LogP contribution in [-0.4, -0.2) is 60.3 Å². The van der Waals surface area contributed by atoms with Gasteiger partial charge in [-0.25, -0.2) is 9.82 Å². The van der Waals surface area contributed by atoms with Crippen LogP contribution >= 0.6 is 11.3 Å². The molecule has 0 aliphatic carbocycles. The van der Waals surface area contributed by atoms with Crippen LogP contribution in [0, 0.1) is 11.7 Å². The van der Waals surface area contributed by atoms with E-state index in [2.05, 4.69) is 37.5 Å². The first-order valence-corrected chi connectivity index (χ1v) is 11.0. The number of nitrogens with one attached hydrogen (secondary N) is 2. The molecule has 152 valence electrons. The number of hydrazine groups is 1. The van der Waals surface area contributed by atoms with Gasteiger partial charge in [-0.15, -0.1) is 0 Å². The van der Waals surface area contributed by atoms with Gasteiger partial charge in [0.15, 0.2) is 0 Å². The van der Waals surface area contributed by atoms with E-state index < -0.39 is 0 Å². The maximum absolute atomic E-state index is 13.7. The standard InChI is InChI=1S/C21H29FN4OS/c22-19-3-1-2-17(10-19)21-18(11-23-24-21)13-25-6-7-26(20(14-25)4-8-27)12-16-5-9-28-15-16/h1-3,5,9-10,15,18,20-21,23-24,27H,4,6-8,11-14H2. The van der Waals surface area contributed by atoms with Crippen LogP contribution in [0.25, 0.3) is 0 Å². The Kier molecular flexibility index (Phi) is 6.72. The smallest absolute Gasteiger partial charge is 0.123 e. The summed E-state index contributed by atoms with van der Waals surface area (Å²) in [5.41, 5.74) is 8.93. The lowest BCUT2D eigenvalue weighted by molar-refractivity contribution is 0.0458. The van der Waals surface area contributed by atoms with E-state index >= 15 is 0 Å². The van der Waals surface area contributed by atoms with E-state index in [-0.39, 0.29) is 18.5 Å². The molecule has 4 rings (SSSR count). The van der Waals surface area contributed by atoms with Crippen LogP contribution in [0.3, 0.4) is 0 Å². The molecule has 0 spiro atoms. The molecule has 0 amide bonds. The van der Waals surface area contributed by atoms with Gasteiger partial charge in [0.05, 0.1) is 6.04 Å². The van der Waals surface area contributed by atoms with Crippen LogP contribution in [0.1, 0.15) is 23.6 Å². The summed E-state index contributed by atoms with van der Waals surface area (Å²) < 4.78 is 13.7. The molecule has 3 unspecified atom stereocenters. The van der Waals surface area contributed by atoms with Gasteiger partial charge in [0, 0.05) is 57.8 Å². The summed E-state index contributed by atoms with van der Waals surface area (Å²) in [5.74, 6) is 0.204. The number of aliphatic hydroxyl groups excluding tert-OH is 1. The first-order chi connectivity index (χ1) is 13.7. The fourth-order valence-electron chi connectivity index (χ4n) is 4.46. The lowest BCUT2D eigenvalue weighted by Gasteiger charge is -2.42. The van der Waals surface area contributed by atoms with Crippen LogP contribution in [0.5, 0.6) is 0 Å². The second kappa shape index (κ2) is 9.43. The number of aliphatic hydroxyl groups is 1. The molecule has 0 radical (unpaired) electrons. The average Bonchev–Trinajstić information content (AvgIpc) is 3.36. The number of benzene rings is 1. The summed E-state index contributed by atoms with van der Waals surface area (Å²) >= 11 is 1.74. The maximum atomic E-state index is 13.7. The molecular formula is C21H29FN4OS. The average molecular weight is 405 g/mol. The Morgan fingerprint density at radius 3 is 2.96 bits per heavy atom. The molecule has 3 N–H and O–H groups in total. The zero-order valence-corrected chi connectivity index (χ0v) is 16.9. The van der Waals surface area contributed by atoms with Crippen molar-refractivity contribution in [2.24, 2.45) is 5.92 Å². The van der Waals surface area contributed by atoms with E-state index in [1.165, 1.54) is 11.6 Å². The molecule has 2 aliphatic heterocycles. The number of hydrogen-bond acceptors (Lipinski definition) is 6. The van der Waals surface area contributed by atoms with Crippen LogP contribution in [0.15, 0.2) is 41.1 Å². The highest BCUT2D eigenvalue weighted by molar-refractivity contribution is 7.07. The lowest BCUT2D eigenvalue weighted by atomic mass is 9.93. The zero-order valence-electron chi connectivity index (χ0n) is 16.1. The molecule has 1 aromatic carbocycles. The van der Waals surface area contributed by atoms with Crippen LogP contribution in [0.4, 0.5) is 4.39 Å². The Morgan fingerprint density at radius 1 is 1.25 bits per heavy atom. The molecule has 1 aromatic heterocycles. The topological polar surface area (TPSA) is 50.8 Å². The van der Waals surface area contributed by atoms with E-state index in [4.69, 9.17) is 0 Å². The first-order valence-electron chi connectivity index (χ1n) is 10.0. The highest BCUT2D eigenvalue weighted by Crippen LogP contribution is 2.27. The molecule has 5 nitrogen and oxygen atoms in total. The fraction of sp³-hybridized carbons (Fsp3) is 0.524. The van der Waals surface area contributed by atoms with Gasteiger partial charge in [-0.3, -0.25) is 10.3 Å². The van der Waals surface area contributed by atoms with E-state index in [9.17, 15) is 9.50 Å². The van der Waals surface area contributed by atoms with Crippen molar-refractivity contribution in [3.05, 3.63) is 58.0 Å². The number of hydrogen-bond donors (Lipinski definition) is 3. The third kappa shape index (κ3) is 4.79. The van der Waals surface area contributed by atoms with Crippen molar-refractivity contribution in [1.82, 2.24) is 20.7 Å². The fourth-order valence-corrected chi connectivity index (χ4v) is 5.12. The van der Waals surface area contributed by atoms with Crippen LogP contribution in [0.2, 0.25) is 0 Å².